The molecule has 1 aromatic carbocycles. The first-order chi connectivity index (χ1) is 25.8. The zero-order valence-corrected chi connectivity index (χ0v) is 34.0. The van der Waals surface area contributed by atoms with Gasteiger partial charge in [0, 0.05) is 46.0 Å². The summed E-state index contributed by atoms with van der Waals surface area (Å²) in [5.41, 5.74) is 0.651. The van der Waals surface area contributed by atoms with Crippen LogP contribution in [0, 0.1) is 0 Å². The van der Waals surface area contributed by atoms with Crippen LogP contribution in [0.15, 0.2) is 30.3 Å². The van der Waals surface area contributed by atoms with Crippen molar-refractivity contribution in [1.29, 1.82) is 0 Å². The Bertz CT molecular complexity index is 1130. The number of carbonyl (C=O) groups is 2. The SMILES string of the molecule is CCCCOCC1OC(OC2C(COCCCC)OC(SCC)[C@@H](Nc3ccccc3)[C@H]2OCCCC)[C@@H](OCCCC)[C@H](OC(C)=O)C1OC(C)=O. The molecule has 1 N–H and O–H groups in total. The minimum atomic E-state index is -1.07. The minimum absolute atomic E-state index is 0.0891. The number of para-hydroxylation sites is 1. The van der Waals surface area contributed by atoms with Crippen LogP contribution in [0.4, 0.5) is 5.69 Å². The van der Waals surface area contributed by atoms with E-state index in [-0.39, 0.29) is 24.7 Å². The summed E-state index contributed by atoms with van der Waals surface area (Å²) in [7, 11) is 0. The van der Waals surface area contributed by atoms with Gasteiger partial charge in [0.2, 0.25) is 0 Å². The van der Waals surface area contributed by atoms with E-state index in [0.717, 1.165) is 62.8 Å². The Morgan fingerprint density at radius 1 is 0.660 bits per heavy atom. The highest BCUT2D eigenvalue weighted by Crippen LogP contribution is 2.37. The van der Waals surface area contributed by atoms with Gasteiger partial charge in [-0.2, -0.15) is 0 Å². The van der Waals surface area contributed by atoms with Crippen LogP contribution < -0.4 is 5.32 Å². The van der Waals surface area contributed by atoms with Gasteiger partial charge in [0.1, 0.15) is 36.0 Å². The van der Waals surface area contributed by atoms with Crippen molar-refractivity contribution >= 4 is 29.4 Å². The molecule has 0 radical (unpaired) electrons. The molecule has 3 rings (SSSR count). The molecule has 0 aromatic heterocycles. The fraction of sp³-hybridized carbons (Fsp3) is 0.800. The molecule has 12 nitrogen and oxygen atoms in total. The minimum Gasteiger partial charge on any atom is -0.456 e. The Balaban J connectivity index is 2.11. The monoisotopic (exact) mass is 769 g/mol. The molecule has 2 aliphatic rings. The number of carbonyl (C=O) groups excluding carboxylic acids is 2. The molecule has 0 spiro atoms. The molecule has 13 heteroatoms. The van der Waals surface area contributed by atoms with Crippen molar-refractivity contribution < 1.29 is 52.2 Å². The Morgan fingerprint density at radius 3 is 1.74 bits per heavy atom. The van der Waals surface area contributed by atoms with Gasteiger partial charge in [0.15, 0.2) is 18.5 Å². The van der Waals surface area contributed by atoms with Gasteiger partial charge in [-0.25, -0.2) is 0 Å². The van der Waals surface area contributed by atoms with Crippen molar-refractivity contribution in [2.45, 2.75) is 160 Å². The van der Waals surface area contributed by atoms with Crippen LogP contribution >= 0.6 is 11.8 Å². The first-order valence-electron chi connectivity index (χ1n) is 19.9. The van der Waals surface area contributed by atoms with Crippen molar-refractivity contribution in [3.8, 4) is 0 Å². The number of benzene rings is 1. The second-order valence-corrected chi connectivity index (χ2v) is 14.9. The number of thioether (sulfide) groups is 1. The predicted octanol–water partition coefficient (Wildman–Crippen LogP) is 6.92. The van der Waals surface area contributed by atoms with Crippen LogP contribution in [0.2, 0.25) is 0 Å². The van der Waals surface area contributed by atoms with E-state index < -0.39 is 61.0 Å². The molecule has 1 aromatic rings. The summed E-state index contributed by atoms with van der Waals surface area (Å²) in [5, 5.41) is 3.71. The number of hydrogen-bond donors (Lipinski definition) is 1. The summed E-state index contributed by atoms with van der Waals surface area (Å²) in [5.74, 6) is -0.253. The van der Waals surface area contributed by atoms with Gasteiger partial charge in [0.25, 0.3) is 0 Å². The highest BCUT2D eigenvalue weighted by Gasteiger charge is 2.55. The van der Waals surface area contributed by atoms with Crippen molar-refractivity contribution in [3.63, 3.8) is 0 Å². The molecule has 2 heterocycles. The van der Waals surface area contributed by atoms with Gasteiger partial charge in [-0.05, 0) is 43.6 Å². The van der Waals surface area contributed by atoms with E-state index in [9.17, 15) is 9.59 Å². The maximum absolute atomic E-state index is 12.7. The molecular formula is C40H67NO11S. The van der Waals surface area contributed by atoms with Crippen molar-refractivity contribution in [3.05, 3.63) is 30.3 Å². The Kier molecular flexibility index (Phi) is 22.3. The molecule has 2 saturated heterocycles. The number of esters is 2. The maximum atomic E-state index is 12.7. The van der Waals surface area contributed by atoms with E-state index >= 15 is 0 Å². The number of unbranched alkanes of at least 4 members (excludes halogenated alkanes) is 4. The van der Waals surface area contributed by atoms with E-state index in [1.54, 1.807) is 11.8 Å². The third kappa shape index (κ3) is 15.2. The lowest BCUT2D eigenvalue weighted by Crippen LogP contribution is -2.67. The number of ether oxygens (including phenoxy) is 9. The lowest BCUT2D eigenvalue weighted by Gasteiger charge is -2.50. The van der Waals surface area contributed by atoms with Crippen LogP contribution in [-0.2, 0) is 52.2 Å². The fourth-order valence-electron chi connectivity index (χ4n) is 6.32. The molecule has 0 amide bonds. The summed E-state index contributed by atoms with van der Waals surface area (Å²) in [6.07, 6.45) is 0.586. The second kappa shape index (κ2) is 26.0. The molecule has 10 atom stereocenters. The molecule has 2 aliphatic heterocycles. The topological polar surface area (TPSA) is 129 Å². The molecule has 53 heavy (non-hydrogen) atoms. The number of nitrogens with one attached hydrogen (secondary N) is 1. The van der Waals surface area contributed by atoms with Crippen LogP contribution in [0.3, 0.4) is 0 Å². The summed E-state index contributed by atoms with van der Waals surface area (Å²) < 4.78 is 58.0. The first-order valence-corrected chi connectivity index (χ1v) is 20.9. The van der Waals surface area contributed by atoms with E-state index in [4.69, 9.17) is 42.6 Å². The summed E-state index contributed by atoms with van der Waals surface area (Å²) in [6.45, 7) is 15.5. The lowest BCUT2D eigenvalue weighted by atomic mass is 9.95. The Labute approximate surface area is 322 Å². The normalized spacial score (nSPS) is 28.7. The average Bonchev–Trinajstić information content (AvgIpc) is 3.13. The Morgan fingerprint density at radius 2 is 1.19 bits per heavy atom. The number of rotatable bonds is 26. The van der Waals surface area contributed by atoms with Crippen LogP contribution in [0.25, 0.3) is 0 Å². The van der Waals surface area contributed by atoms with E-state index in [1.165, 1.54) is 13.8 Å². The van der Waals surface area contributed by atoms with E-state index in [1.807, 2.05) is 30.3 Å². The van der Waals surface area contributed by atoms with Crippen LogP contribution in [0.5, 0.6) is 0 Å². The average molecular weight is 770 g/mol. The molecule has 304 valence electrons. The second-order valence-electron chi connectivity index (χ2n) is 13.6. The smallest absolute Gasteiger partial charge is 0.303 e. The fourth-order valence-corrected chi connectivity index (χ4v) is 7.30. The first kappa shape index (κ1) is 45.4. The summed E-state index contributed by atoms with van der Waals surface area (Å²) in [6, 6.07) is 9.70. The summed E-state index contributed by atoms with van der Waals surface area (Å²) in [4.78, 5) is 25.1. The molecular weight excluding hydrogens is 703 g/mol. The van der Waals surface area contributed by atoms with Gasteiger partial charge in [0.05, 0.1) is 19.3 Å². The quantitative estimate of drug-likeness (QED) is 0.0774. The lowest BCUT2D eigenvalue weighted by molar-refractivity contribution is -0.343. The predicted molar refractivity (Wildman–Crippen MR) is 206 cm³/mol. The third-order valence-electron chi connectivity index (χ3n) is 9.04. The standard InChI is InChI=1S/C40H67NO11S/c1-8-13-22-44-26-31-35(48-28(6)42)37(49-29(7)43)38(47-25-16-11-4)39(50-31)52-34-32(27-45-23-14-9-2)51-40(53-12-5)33(36(34)46-24-15-10-3)41-30-20-18-17-19-21-30/h17-21,31-41H,8-16,22-27H2,1-7H3/t31?,32?,33-,34?,35?,36+,37+,38-,39?,40?/m0/s1. The van der Waals surface area contributed by atoms with Crippen molar-refractivity contribution in [2.24, 2.45) is 0 Å². The number of anilines is 1. The van der Waals surface area contributed by atoms with E-state index in [2.05, 4.69) is 39.9 Å². The molecule has 6 unspecified atom stereocenters. The van der Waals surface area contributed by atoms with Gasteiger partial charge >= 0.3 is 11.9 Å². The van der Waals surface area contributed by atoms with Gasteiger partial charge in [-0.1, -0.05) is 78.5 Å². The van der Waals surface area contributed by atoms with E-state index in [0.29, 0.717) is 26.4 Å². The molecule has 0 saturated carbocycles. The highest BCUT2D eigenvalue weighted by atomic mass is 32.2. The molecule has 0 bridgehead atoms. The highest BCUT2D eigenvalue weighted by molar-refractivity contribution is 7.99. The molecule has 0 aliphatic carbocycles. The molecule has 2 fully saturated rings. The zero-order chi connectivity index (χ0) is 38.4. The van der Waals surface area contributed by atoms with Gasteiger partial charge in [-0.3, -0.25) is 9.59 Å². The maximum Gasteiger partial charge on any atom is 0.303 e. The zero-order valence-electron chi connectivity index (χ0n) is 33.2. The van der Waals surface area contributed by atoms with Crippen molar-refractivity contribution in [1.82, 2.24) is 0 Å². The van der Waals surface area contributed by atoms with Crippen LogP contribution in [0.1, 0.15) is 99.8 Å². The summed E-state index contributed by atoms with van der Waals surface area (Å²) >= 11 is 1.70. The van der Waals surface area contributed by atoms with Crippen LogP contribution in [-0.4, -0.2) is 118 Å². The largest absolute Gasteiger partial charge is 0.456 e. The van der Waals surface area contributed by atoms with Gasteiger partial charge in [-0.15, -0.1) is 11.8 Å². The number of hydrogen-bond acceptors (Lipinski definition) is 13. The Hall–Kier alpha value is -1.97. The van der Waals surface area contributed by atoms with Gasteiger partial charge < -0.3 is 47.9 Å². The third-order valence-corrected chi connectivity index (χ3v) is 10.1. The van der Waals surface area contributed by atoms with Crippen molar-refractivity contribution in [2.75, 3.05) is 50.7 Å².